The largest absolute Gasteiger partial charge is 0.488 e. The number of halogens is 1. The molecule has 0 unspecified atom stereocenters. The highest BCUT2D eigenvalue weighted by atomic mass is 19.1. The summed E-state index contributed by atoms with van der Waals surface area (Å²) in [6, 6.07) is 7.82. The molecule has 0 atom stereocenters. The number of ketones is 1. The Labute approximate surface area is 161 Å². The molecule has 5 nitrogen and oxygen atoms in total. The highest BCUT2D eigenvalue weighted by Crippen LogP contribution is 2.29. The number of fused-ring (bicyclic) bond motifs is 1. The van der Waals surface area contributed by atoms with Gasteiger partial charge in [0.2, 0.25) is 0 Å². The van der Waals surface area contributed by atoms with Gasteiger partial charge < -0.3 is 14.3 Å². The van der Waals surface area contributed by atoms with E-state index in [9.17, 15) is 14.0 Å². The first-order valence-corrected chi connectivity index (χ1v) is 8.93. The Morgan fingerprint density at radius 2 is 1.86 bits per heavy atom. The van der Waals surface area contributed by atoms with Crippen LogP contribution in [-0.4, -0.2) is 16.9 Å². The molecule has 146 valence electrons. The fraction of sp³-hybridized carbons (Fsp3) is 0.273. The van der Waals surface area contributed by atoms with Crippen molar-refractivity contribution in [2.75, 3.05) is 0 Å². The average molecular weight is 384 g/mol. The fourth-order valence-corrected chi connectivity index (χ4v) is 3.14. The van der Waals surface area contributed by atoms with E-state index >= 15 is 0 Å². The molecule has 0 bridgehead atoms. The Balaban J connectivity index is 1.85. The molecule has 0 spiro atoms. The van der Waals surface area contributed by atoms with Gasteiger partial charge in [0.05, 0.1) is 0 Å². The molecule has 0 radical (unpaired) electrons. The van der Waals surface area contributed by atoms with Gasteiger partial charge in [-0.2, -0.15) is 0 Å². The molecule has 0 aliphatic rings. The van der Waals surface area contributed by atoms with E-state index in [0.717, 1.165) is 16.7 Å². The second-order valence-electron chi connectivity index (χ2n) is 6.81. The summed E-state index contributed by atoms with van der Waals surface area (Å²) in [7, 11) is 0. The summed E-state index contributed by atoms with van der Waals surface area (Å²) in [5, 5.41) is 9.37. The second kappa shape index (κ2) is 7.84. The van der Waals surface area contributed by atoms with Gasteiger partial charge in [-0.15, -0.1) is 0 Å². The number of rotatable bonds is 7. The first kappa shape index (κ1) is 19.6. The summed E-state index contributed by atoms with van der Waals surface area (Å²) in [4.78, 5) is 22.3. The first-order valence-electron chi connectivity index (χ1n) is 8.93. The van der Waals surface area contributed by atoms with E-state index in [0.29, 0.717) is 28.7 Å². The number of carbonyl (C=O) groups is 2. The quantitative estimate of drug-likeness (QED) is 0.581. The van der Waals surface area contributed by atoms with Gasteiger partial charge in [0.25, 0.3) is 0 Å². The average Bonchev–Trinajstić information content (AvgIpc) is 3.06. The summed E-state index contributed by atoms with van der Waals surface area (Å²) in [6.45, 7) is 5.29. The lowest BCUT2D eigenvalue weighted by Crippen LogP contribution is -2.03. The Bertz CT molecular complexity index is 1060. The third-order valence-electron chi connectivity index (χ3n) is 4.85. The number of benzene rings is 2. The fourth-order valence-electron chi connectivity index (χ4n) is 3.14. The van der Waals surface area contributed by atoms with Crippen LogP contribution in [0.3, 0.4) is 0 Å². The van der Waals surface area contributed by atoms with E-state index in [1.54, 1.807) is 6.07 Å². The smallest absolute Gasteiger partial charge is 0.303 e. The standard InChI is InChI=1S/C22H21FO5/c1-12-13(2)19(6-4-15(12)5-7-21(25)26)27-11-17-9-18(23)8-16-10-20(14(3)24)28-22(16)17/h4,6,8-10H,5,7,11H2,1-3H3,(H,25,26). The summed E-state index contributed by atoms with van der Waals surface area (Å²) in [6.07, 6.45) is 0.520. The number of furan rings is 1. The van der Waals surface area contributed by atoms with Crippen molar-refractivity contribution in [1.29, 1.82) is 0 Å². The van der Waals surface area contributed by atoms with Crippen LogP contribution in [0.1, 0.15) is 46.2 Å². The van der Waals surface area contributed by atoms with Gasteiger partial charge in [-0.25, -0.2) is 4.39 Å². The molecular weight excluding hydrogens is 363 g/mol. The van der Waals surface area contributed by atoms with Crippen LogP contribution in [0.4, 0.5) is 4.39 Å². The molecule has 0 aliphatic heterocycles. The molecule has 3 aromatic rings. The minimum Gasteiger partial charge on any atom is -0.488 e. The van der Waals surface area contributed by atoms with Crippen LogP contribution in [-0.2, 0) is 17.8 Å². The maximum atomic E-state index is 13.9. The maximum absolute atomic E-state index is 13.9. The van der Waals surface area contributed by atoms with Crippen LogP contribution < -0.4 is 4.74 Å². The van der Waals surface area contributed by atoms with E-state index in [4.69, 9.17) is 14.3 Å². The molecule has 28 heavy (non-hydrogen) atoms. The van der Waals surface area contributed by atoms with Gasteiger partial charge in [0.15, 0.2) is 11.5 Å². The number of carbonyl (C=O) groups excluding carboxylic acids is 1. The summed E-state index contributed by atoms with van der Waals surface area (Å²) in [5.41, 5.74) is 3.77. The molecular formula is C22H21FO5. The molecule has 1 N–H and O–H groups in total. The number of Topliss-reactive ketones (excluding diaryl/α,β-unsaturated/α-hetero) is 1. The van der Waals surface area contributed by atoms with Crippen LogP contribution in [0.5, 0.6) is 5.75 Å². The third-order valence-corrected chi connectivity index (χ3v) is 4.85. The van der Waals surface area contributed by atoms with E-state index in [-0.39, 0.29) is 24.6 Å². The molecule has 1 heterocycles. The molecule has 2 aromatic carbocycles. The molecule has 0 amide bonds. The number of carboxylic acid groups (broad SMARTS) is 1. The molecule has 1 aromatic heterocycles. The SMILES string of the molecule is CC(=O)c1cc2cc(F)cc(COc3ccc(CCC(=O)O)c(C)c3C)c2o1. The minimum atomic E-state index is -0.837. The number of hydrogen-bond donors (Lipinski definition) is 1. The van der Waals surface area contributed by atoms with Crippen LogP contribution in [0.2, 0.25) is 0 Å². The molecule has 0 fully saturated rings. The monoisotopic (exact) mass is 384 g/mol. The van der Waals surface area contributed by atoms with Crippen molar-refractivity contribution in [2.24, 2.45) is 0 Å². The van der Waals surface area contributed by atoms with Crippen molar-refractivity contribution in [2.45, 2.75) is 40.2 Å². The van der Waals surface area contributed by atoms with Crippen molar-refractivity contribution in [3.63, 3.8) is 0 Å². The number of aryl methyl sites for hydroxylation is 1. The van der Waals surface area contributed by atoms with Crippen molar-refractivity contribution in [1.82, 2.24) is 0 Å². The highest BCUT2D eigenvalue weighted by Gasteiger charge is 2.15. The lowest BCUT2D eigenvalue weighted by atomic mass is 9.99. The zero-order chi connectivity index (χ0) is 20.4. The molecule has 6 heteroatoms. The zero-order valence-electron chi connectivity index (χ0n) is 16.0. The van der Waals surface area contributed by atoms with Crippen molar-refractivity contribution in [3.05, 3.63) is 64.2 Å². The lowest BCUT2D eigenvalue weighted by molar-refractivity contribution is -0.136. The van der Waals surface area contributed by atoms with Crippen LogP contribution >= 0.6 is 0 Å². The summed E-state index contributed by atoms with van der Waals surface area (Å²) < 4.78 is 25.4. The number of carboxylic acids is 1. The van der Waals surface area contributed by atoms with Crippen molar-refractivity contribution in [3.8, 4) is 5.75 Å². The Hall–Kier alpha value is -3.15. The van der Waals surface area contributed by atoms with Gasteiger partial charge in [-0.05, 0) is 61.2 Å². The van der Waals surface area contributed by atoms with Crippen LogP contribution in [0.25, 0.3) is 11.0 Å². The number of hydrogen-bond acceptors (Lipinski definition) is 4. The van der Waals surface area contributed by atoms with Crippen LogP contribution in [0.15, 0.2) is 34.7 Å². The van der Waals surface area contributed by atoms with E-state index in [2.05, 4.69) is 0 Å². The maximum Gasteiger partial charge on any atom is 0.303 e. The molecule has 3 rings (SSSR count). The molecule has 0 saturated heterocycles. The van der Waals surface area contributed by atoms with E-state index in [1.807, 2.05) is 19.9 Å². The number of ether oxygens (including phenoxy) is 1. The van der Waals surface area contributed by atoms with E-state index < -0.39 is 11.8 Å². The highest BCUT2D eigenvalue weighted by molar-refractivity contribution is 5.96. The lowest BCUT2D eigenvalue weighted by Gasteiger charge is -2.14. The molecule has 0 aliphatic carbocycles. The van der Waals surface area contributed by atoms with E-state index in [1.165, 1.54) is 25.1 Å². The summed E-state index contributed by atoms with van der Waals surface area (Å²) in [5.74, 6) is -0.689. The second-order valence-corrected chi connectivity index (χ2v) is 6.81. The topological polar surface area (TPSA) is 76.7 Å². The Kier molecular flexibility index (Phi) is 5.49. The first-order chi connectivity index (χ1) is 13.3. The summed E-state index contributed by atoms with van der Waals surface area (Å²) >= 11 is 0. The molecule has 0 saturated carbocycles. The predicted octanol–water partition coefficient (Wildman–Crippen LogP) is 4.99. The van der Waals surface area contributed by atoms with Gasteiger partial charge in [-0.1, -0.05) is 6.07 Å². The Morgan fingerprint density at radius 1 is 1.11 bits per heavy atom. The van der Waals surface area contributed by atoms with Crippen LogP contribution in [0, 0.1) is 19.7 Å². The number of aliphatic carboxylic acids is 1. The van der Waals surface area contributed by atoms with Crippen molar-refractivity contribution >= 4 is 22.7 Å². The van der Waals surface area contributed by atoms with Gasteiger partial charge in [0, 0.05) is 24.3 Å². The Morgan fingerprint density at radius 3 is 2.54 bits per heavy atom. The normalized spacial score (nSPS) is 11.0. The van der Waals surface area contributed by atoms with Gasteiger partial charge in [0.1, 0.15) is 23.8 Å². The zero-order valence-corrected chi connectivity index (χ0v) is 16.0. The van der Waals surface area contributed by atoms with Crippen molar-refractivity contribution < 1.29 is 28.2 Å². The third kappa shape index (κ3) is 4.06. The van der Waals surface area contributed by atoms with Gasteiger partial charge in [-0.3, -0.25) is 9.59 Å². The minimum absolute atomic E-state index is 0.0682. The van der Waals surface area contributed by atoms with Gasteiger partial charge >= 0.3 is 5.97 Å². The predicted molar refractivity (Wildman–Crippen MR) is 102 cm³/mol.